The fraction of sp³-hybridized carbons (Fsp3) is 0.190. The summed E-state index contributed by atoms with van der Waals surface area (Å²) in [5, 5.41) is 2.98. The quantitative estimate of drug-likeness (QED) is 0.703. The summed E-state index contributed by atoms with van der Waals surface area (Å²) in [4.78, 5) is 12.4. The van der Waals surface area contributed by atoms with Gasteiger partial charge in [-0.1, -0.05) is 36.4 Å². The van der Waals surface area contributed by atoms with Gasteiger partial charge >= 0.3 is 0 Å². The summed E-state index contributed by atoms with van der Waals surface area (Å²) < 4.78 is 11.1. The maximum atomic E-state index is 12.4. The first-order chi connectivity index (χ1) is 12.2. The van der Waals surface area contributed by atoms with Crippen LogP contribution < -0.4 is 10.1 Å². The Balaban J connectivity index is 1.57. The molecule has 4 nitrogen and oxygen atoms in total. The molecule has 1 aromatic heterocycles. The van der Waals surface area contributed by atoms with Crippen molar-refractivity contribution < 1.29 is 13.9 Å². The van der Waals surface area contributed by atoms with Crippen molar-refractivity contribution in [1.82, 2.24) is 5.32 Å². The van der Waals surface area contributed by atoms with E-state index in [9.17, 15) is 4.79 Å². The molecule has 0 saturated carbocycles. The minimum atomic E-state index is -0.121. The van der Waals surface area contributed by atoms with Crippen molar-refractivity contribution in [2.75, 3.05) is 0 Å². The van der Waals surface area contributed by atoms with Crippen LogP contribution in [0.25, 0.3) is 0 Å². The standard InChI is InChI=1S/C21H21NO3/c1-16(13-19-11-6-12-24-19)22-21(23)18-9-5-10-20(14-18)25-15-17-7-3-2-4-8-17/h2-12,14,16H,13,15H2,1H3,(H,22,23)/t16-/m0/s1. The van der Waals surface area contributed by atoms with Gasteiger partial charge in [0.25, 0.3) is 5.91 Å². The number of furan rings is 1. The Labute approximate surface area is 147 Å². The van der Waals surface area contributed by atoms with E-state index in [1.807, 2.05) is 61.5 Å². The lowest BCUT2D eigenvalue weighted by Crippen LogP contribution is -2.33. The Morgan fingerprint density at radius 3 is 2.68 bits per heavy atom. The third kappa shape index (κ3) is 4.98. The number of carbonyl (C=O) groups excluding carboxylic acids is 1. The first-order valence-electron chi connectivity index (χ1n) is 8.31. The highest BCUT2D eigenvalue weighted by molar-refractivity contribution is 5.94. The smallest absolute Gasteiger partial charge is 0.251 e. The van der Waals surface area contributed by atoms with Gasteiger partial charge in [0.05, 0.1) is 6.26 Å². The van der Waals surface area contributed by atoms with Crippen molar-refractivity contribution in [3.8, 4) is 5.75 Å². The van der Waals surface area contributed by atoms with Crippen molar-refractivity contribution in [3.63, 3.8) is 0 Å². The summed E-state index contributed by atoms with van der Waals surface area (Å²) in [5.41, 5.74) is 1.67. The molecular weight excluding hydrogens is 314 g/mol. The van der Waals surface area contributed by atoms with E-state index >= 15 is 0 Å². The minimum Gasteiger partial charge on any atom is -0.489 e. The monoisotopic (exact) mass is 335 g/mol. The molecule has 1 atom stereocenters. The van der Waals surface area contributed by atoms with Crippen LogP contribution in [0.5, 0.6) is 5.75 Å². The number of benzene rings is 2. The first kappa shape index (κ1) is 16.8. The zero-order valence-electron chi connectivity index (χ0n) is 14.1. The van der Waals surface area contributed by atoms with E-state index in [0.717, 1.165) is 11.3 Å². The van der Waals surface area contributed by atoms with E-state index in [1.54, 1.807) is 18.4 Å². The van der Waals surface area contributed by atoms with Crippen LogP contribution in [0.1, 0.15) is 28.6 Å². The Bertz CT molecular complexity index is 797. The van der Waals surface area contributed by atoms with E-state index in [2.05, 4.69) is 5.32 Å². The maximum Gasteiger partial charge on any atom is 0.251 e. The van der Waals surface area contributed by atoms with Gasteiger partial charge in [-0.2, -0.15) is 0 Å². The van der Waals surface area contributed by atoms with E-state index < -0.39 is 0 Å². The molecule has 1 N–H and O–H groups in total. The molecule has 3 aromatic rings. The van der Waals surface area contributed by atoms with E-state index in [0.29, 0.717) is 24.3 Å². The van der Waals surface area contributed by atoms with Crippen molar-refractivity contribution in [2.24, 2.45) is 0 Å². The summed E-state index contributed by atoms with van der Waals surface area (Å²) in [5.74, 6) is 1.41. The predicted octanol–water partition coefficient (Wildman–Crippen LogP) is 4.22. The van der Waals surface area contributed by atoms with Crippen LogP contribution in [0.15, 0.2) is 77.4 Å². The second-order valence-electron chi connectivity index (χ2n) is 5.96. The molecule has 1 heterocycles. The minimum absolute atomic E-state index is 0.0208. The van der Waals surface area contributed by atoms with Gasteiger partial charge in [0, 0.05) is 18.0 Å². The second-order valence-corrected chi connectivity index (χ2v) is 5.96. The summed E-state index contributed by atoms with van der Waals surface area (Å²) in [6.45, 7) is 2.43. The van der Waals surface area contributed by atoms with Gasteiger partial charge in [0.1, 0.15) is 18.1 Å². The van der Waals surface area contributed by atoms with Crippen LogP contribution in [0.4, 0.5) is 0 Å². The zero-order valence-corrected chi connectivity index (χ0v) is 14.1. The van der Waals surface area contributed by atoms with Crippen molar-refractivity contribution >= 4 is 5.91 Å². The number of ether oxygens (including phenoxy) is 1. The zero-order chi connectivity index (χ0) is 17.5. The lowest BCUT2D eigenvalue weighted by Gasteiger charge is -2.13. The second kappa shape index (κ2) is 8.20. The number of hydrogen-bond acceptors (Lipinski definition) is 3. The molecule has 0 bridgehead atoms. The van der Waals surface area contributed by atoms with Crippen LogP contribution in [-0.2, 0) is 13.0 Å². The molecule has 0 aliphatic rings. The molecule has 2 aromatic carbocycles. The Hall–Kier alpha value is -3.01. The number of amides is 1. The van der Waals surface area contributed by atoms with Crippen LogP contribution in [0.3, 0.4) is 0 Å². The number of nitrogens with one attached hydrogen (secondary N) is 1. The maximum absolute atomic E-state index is 12.4. The number of hydrogen-bond donors (Lipinski definition) is 1. The van der Waals surface area contributed by atoms with Gasteiger partial charge in [0.2, 0.25) is 0 Å². The fourth-order valence-electron chi connectivity index (χ4n) is 2.56. The SMILES string of the molecule is C[C@@H](Cc1ccco1)NC(=O)c1cccc(OCc2ccccc2)c1. The van der Waals surface area contributed by atoms with Crippen molar-refractivity contribution in [3.05, 3.63) is 89.9 Å². The van der Waals surface area contributed by atoms with Crippen LogP contribution in [0.2, 0.25) is 0 Å². The molecule has 3 rings (SSSR count). The summed E-state index contributed by atoms with van der Waals surface area (Å²) in [6.07, 6.45) is 2.29. The Morgan fingerprint density at radius 2 is 1.92 bits per heavy atom. The molecule has 0 unspecified atom stereocenters. The molecule has 0 fully saturated rings. The molecule has 0 saturated heterocycles. The highest BCUT2D eigenvalue weighted by Gasteiger charge is 2.12. The van der Waals surface area contributed by atoms with Gasteiger partial charge in [-0.25, -0.2) is 0 Å². The molecular formula is C21H21NO3. The topological polar surface area (TPSA) is 51.5 Å². The van der Waals surface area contributed by atoms with Crippen LogP contribution in [0, 0.1) is 0 Å². The van der Waals surface area contributed by atoms with Gasteiger partial charge < -0.3 is 14.5 Å². The average molecular weight is 335 g/mol. The average Bonchev–Trinajstić information content (AvgIpc) is 3.14. The largest absolute Gasteiger partial charge is 0.489 e. The van der Waals surface area contributed by atoms with Gasteiger partial charge in [-0.3, -0.25) is 4.79 Å². The molecule has 128 valence electrons. The Kier molecular flexibility index (Phi) is 5.52. The molecule has 0 spiro atoms. The molecule has 0 aliphatic carbocycles. The lowest BCUT2D eigenvalue weighted by atomic mass is 10.1. The summed E-state index contributed by atoms with van der Waals surface area (Å²) in [6, 6.07) is 20.9. The summed E-state index contributed by atoms with van der Waals surface area (Å²) in [7, 11) is 0. The van der Waals surface area contributed by atoms with Crippen LogP contribution >= 0.6 is 0 Å². The molecule has 0 aliphatic heterocycles. The van der Waals surface area contributed by atoms with Crippen molar-refractivity contribution in [1.29, 1.82) is 0 Å². The molecule has 4 heteroatoms. The summed E-state index contributed by atoms with van der Waals surface area (Å²) >= 11 is 0. The normalized spacial score (nSPS) is 11.7. The lowest BCUT2D eigenvalue weighted by molar-refractivity contribution is 0.0939. The third-order valence-corrected chi connectivity index (χ3v) is 3.81. The van der Waals surface area contributed by atoms with E-state index in [4.69, 9.17) is 9.15 Å². The van der Waals surface area contributed by atoms with Crippen molar-refractivity contribution in [2.45, 2.75) is 26.0 Å². The molecule has 0 radical (unpaired) electrons. The third-order valence-electron chi connectivity index (χ3n) is 3.81. The predicted molar refractivity (Wildman–Crippen MR) is 96.6 cm³/mol. The van der Waals surface area contributed by atoms with Gasteiger partial charge in [-0.05, 0) is 42.8 Å². The molecule has 1 amide bonds. The Morgan fingerprint density at radius 1 is 1.08 bits per heavy atom. The first-order valence-corrected chi connectivity index (χ1v) is 8.31. The number of rotatable bonds is 7. The number of carbonyl (C=O) groups is 1. The van der Waals surface area contributed by atoms with Gasteiger partial charge in [0.15, 0.2) is 0 Å². The van der Waals surface area contributed by atoms with Crippen LogP contribution in [-0.4, -0.2) is 11.9 Å². The van der Waals surface area contributed by atoms with E-state index in [1.165, 1.54) is 0 Å². The van der Waals surface area contributed by atoms with E-state index in [-0.39, 0.29) is 11.9 Å². The van der Waals surface area contributed by atoms with Gasteiger partial charge in [-0.15, -0.1) is 0 Å². The highest BCUT2D eigenvalue weighted by Crippen LogP contribution is 2.15. The highest BCUT2D eigenvalue weighted by atomic mass is 16.5. The fourth-order valence-corrected chi connectivity index (χ4v) is 2.56. The molecule has 25 heavy (non-hydrogen) atoms.